The second-order valence-corrected chi connectivity index (χ2v) is 3.51. The molecule has 4 N–H and O–H groups in total. The Morgan fingerprint density at radius 3 is 3.00 bits per heavy atom. The molecule has 0 spiro atoms. The summed E-state index contributed by atoms with van der Waals surface area (Å²) in [5.74, 6) is 0.120. The molecular formula is C10H18N4O2. The van der Waals surface area contributed by atoms with Gasteiger partial charge in [0.25, 0.3) is 5.91 Å². The van der Waals surface area contributed by atoms with Crippen LogP contribution in [0.25, 0.3) is 0 Å². The summed E-state index contributed by atoms with van der Waals surface area (Å²) in [5, 5.41) is 8.99. The molecule has 0 atom stereocenters. The molecule has 16 heavy (non-hydrogen) atoms. The van der Waals surface area contributed by atoms with Crippen molar-refractivity contribution in [1.29, 1.82) is 0 Å². The lowest BCUT2D eigenvalue weighted by Crippen LogP contribution is -2.24. The number of ether oxygens (including phenoxy) is 1. The van der Waals surface area contributed by atoms with Gasteiger partial charge in [0, 0.05) is 20.3 Å². The lowest BCUT2D eigenvalue weighted by molar-refractivity contribution is 0.0953. The van der Waals surface area contributed by atoms with Crippen molar-refractivity contribution < 1.29 is 9.53 Å². The van der Waals surface area contributed by atoms with E-state index in [4.69, 9.17) is 10.5 Å². The fourth-order valence-corrected chi connectivity index (χ4v) is 1.32. The molecule has 0 aliphatic rings. The zero-order valence-electron chi connectivity index (χ0n) is 9.45. The quantitative estimate of drug-likeness (QED) is 0.591. The van der Waals surface area contributed by atoms with E-state index in [0.717, 1.165) is 25.9 Å². The number of rotatable bonds is 7. The second-order valence-electron chi connectivity index (χ2n) is 3.51. The Balaban J connectivity index is 2.14. The molecular weight excluding hydrogens is 208 g/mol. The van der Waals surface area contributed by atoms with Crippen molar-refractivity contribution in [2.75, 3.05) is 26.0 Å². The Morgan fingerprint density at radius 1 is 1.56 bits per heavy atom. The molecule has 1 heterocycles. The Hall–Kier alpha value is -1.56. The number of nitrogens with zero attached hydrogens (tertiary/aromatic N) is 1. The lowest BCUT2D eigenvalue weighted by Gasteiger charge is -2.03. The van der Waals surface area contributed by atoms with Crippen LogP contribution >= 0.6 is 0 Å². The first-order valence-electron chi connectivity index (χ1n) is 5.31. The maximum Gasteiger partial charge on any atom is 0.256 e. The fourth-order valence-electron chi connectivity index (χ4n) is 1.32. The predicted molar refractivity (Wildman–Crippen MR) is 61.1 cm³/mol. The van der Waals surface area contributed by atoms with Crippen molar-refractivity contribution in [1.82, 2.24) is 15.5 Å². The molecule has 1 amide bonds. The van der Waals surface area contributed by atoms with Gasteiger partial charge in [-0.1, -0.05) is 0 Å². The molecule has 6 heteroatoms. The standard InChI is InChI=1S/C10H18N4O2/c1-16-6-4-2-3-5-12-10(15)8-7-13-14-9(8)11/h7H,2-6H2,1H3,(H,12,15)(H3,11,13,14). The number of aromatic nitrogens is 2. The average molecular weight is 226 g/mol. The van der Waals surface area contributed by atoms with Gasteiger partial charge >= 0.3 is 0 Å². The largest absolute Gasteiger partial charge is 0.385 e. The van der Waals surface area contributed by atoms with Crippen molar-refractivity contribution in [3.05, 3.63) is 11.8 Å². The number of hydrogen-bond acceptors (Lipinski definition) is 4. The Kier molecular flexibility index (Phi) is 5.35. The Morgan fingerprint density at radius 2 is 2.38 bits per heavy atom. The molecule has 0 bridgehead atoms. The van der Waals surface area contributed by atoms with Gasteiger partial charge in [-0.05, 0) is 19.3 Å². The van der Waals surface area contributed by atoms with Crippen molar-refractivity contribution in [3.8, 4) is 0 Å². The summed E-state index contributed by atoms with van der Waals surface area (Å²) in [7, 11) is 1.68. The minimum Gasteiger partial charge on any atom is -0.385 e. The molecule has 1 rings (SSSR count). The minimum absolute atomic E-state index is 0.182. The molecule has 0 aromatic carbocycles. The van der Waals surface area contributed by atoms with E-state index in [1.165, 1.54) is 6.20 Å². The van der Waals surface area contributed by atoms with E-state index in [0.29, 0.717) is 17.9 Å². The van der Waals surface area contributed by atoms with Gasteiger partial charge in [-0.3, -0.25) is 9.89 Å². The smallest absolute Gasteiger partial charge is 0.256 e. The van der Waals surface area contributed by atoms with Gasteiger partial charge in [-0.25, -0.2) is 0 Å². The Labute approximate surface area is 94.5 Å². The van der Waals surface area contributed by atoms with Gasteiger partial charge in [0.2, 0.25) is 0 Å². The highest BCUT2D eigenvalue weighted by molar-refractivity contribution is 5.97. The first-order chi connectivity index (χ1) is 7.75. The number of amides is 1. The molecule has 0 unspecified atom stereocenters. The number of methoxy groups -OCH3 is 1. The summed E-state index contributed by atoms with van der Waals surface area (Å²) in [4.78, 5) is 11.5. The van der Waals surface area contributed by atoms with Crippen LogP contribution in [0.2, 0.25) is 0 Å². The van der Waals surface area contributed by atoms with E-state index < -0.39 is 0 Å². The molecule has 0 saturated heterocycles. The van der Waals surface area contributed by atoms with E-state index >= 15 is 0 Å². The molecule has 90 valence electrons. The second kappa shape index (κ2) is 6.84. The normalized spacial score (nSPS) is 10.3. The molecule has 0 saturated carbocycles. The summed E-state index contributed by atoms with van der Waals surface area (Å²) < 4.78 is 4.93. The molecule has 0 aliphatic carbocycles. The van der Waals surface area contributed by atoms with Crippen LogP contribution < -0.4 is 11.1 Å². The number of anilines is 1. The number of unbranched alkanes of at least 4 members (excludes halogenated alkanes) is 2. The van der Waals surface area contributed by atoms with Gasteiger partial charge in [-0.15, -0.1) is 0 Å². The fraction of sp³-hybridized carbons (Fsp3) is 0.600. The van der Waals surface area contributed by atoms with Crippen molar-refractivity contribution in [2.24, 2.45) is 0 Å². The molecule has 6 nitrogen and oxygen atoms in total. The van der Waals surface area contributed by atoms with Gasteiger partial charge < -0.3 is 15.8 Å². The number of H-pyrrole nitrogens is 1. The third-order valence-corrected chi connectivity index (χ3v) is 2.22. The lowest BCUT2D eigenvalue weighted by atomic mass is 10.2. The van der Waals surface area contributed by atoms with E-state index in [1.807, 2.05) is 0 Å². The summed E-state index contributed by atoms with van der Waals surface area (Å²) in [5.41, 5.74) is 5.92. The molecule has 1 aromatic rings. The maximum atomic E-state index is 11.5. The molecule has 0 aliphatic heterocycles. The van der Waals surface area contributed by atoms with Crippen LogP contribution in [0, 0.1) is 0 Å². The Bertz CT molecular complexity index is 324. The van der Waals surface area contributed by atoms with E-state index in [-0.39, 0.29) is 5.91 Å². The summed E-state index contributed by atoms with van der Waals surface area (Å²) in [6.07, 6.45) is 4.41. The van der Waals surface area contributed by atoms with Crippen LogP contribution in [-0.2, 0) is 4.74 Å². The average Bonchev–Trinajstić information content (AvgIpc) is 2.69. The van der Waals surface area contributed by atoms with Crippen LogP contribution in [0.4, 0.5) is 5.82 Å². The number of hydrogen-bond donors (Lipinski definition) is 3. The summed E-state index contributed by atoms with van der Waals surface area (Å²) in [6.45, 7) is 1.41. The van der Waals surface area contributed by atoms with Crippen LogP contribution in [-0.4, -0.2) is 36.4 Å². The highest BCUT2D eigenvalue weighted by Gasteiger charge is 2.09. The number of nitrogen functional groups attached to an aromatic ring is 1. The van der Waals surface area contributed by atoms with Crippen molar-refractivity contribution in [3.63, 3.8) is 0 Å². The summed E-state index contributed by atoms with van der Waals surface area (Å²) >= 11 is 0. The van der Waals surface area contributed by atoms with Gasteiger partial charge in [0.1, 0.15) is 11.4 Å². The zero-order valence-corrected chi connectivity index (χ0v) is 9.45. The monoisotopic (exact) mass is 226 g/mol. The maximum absolute atomic E-state index is 11.5. The van der Waals surface area contributed by atoms with Gasteiger partial charge in [-0.2, -0.15) is 5.10 Å². The number of carbonyl (C=O) groups excluding carboxylic acids is 1. The van der Waals surface area contributed by atoms with Crippen molar-refractivity contribution >= 4 is 11.7 Å². The van der Waals surface area contributed by atoms with E-state index in [9.17, 15) is 4.79 Å². The molecule has 0 radical (unpaired) electrons. The highest BCUT2D eigenvalue weighted by Crippen LogP contribution is 2.05. The topological polar surface area (TPSA) is 93.0 Å². The predicted octanol–water partition coefficient (Wildman–Crippen LogP) is 0.538. The first-order valence-corrected chi connectivity index (χ1v) is 5.31. The number of nitrogens with two attached hydrogens (primary N) is 1. The number of nitrogens with one attached hydrogen (secondary N) is 2. The van der Waals surface area contributed by atoms with E-state index in [2.05, 4.69) is 15.5 Å². The van der Waals surface area contributed by atoms with Gasteiger partial charge in [0.15, 0.2) is 0 Å². The van der Waals surface area contributed by atoms with Crippen molar-refractivity contribution in [2.45, 2.75) is 19.3 Å². The zero-order chi connectivity index (χ0) is 11.8. The minimum atomic E-state index is -0.182. The third-order valence-electron chi connectivity index (χ3n) is 2.22. The molecule has 1 aromatic heterocycles. The SMILES string of the molecule is COCCCCCNC(=O)c1cn[nH]c1N. The van der Waals surface area contributed by atoms with Crippen LogP contribution in [0.15, 0.2) is 6.20 Å². The number of carbonyl (C=O) groups is 1. The summed E-state index contributed by atoms with van der Waals surface area (Å²) in [6, 6.07) is 0. The van der Waals surface area contributed by atoms with Crippen LogP contribution in [0.5, 0.6) is 0 Å². The van der Waals surface area contributed by atoms with Gasteiger partial charge in [0.05, 0.1) is 6.20 Å². The van der Waals surface area contributed by atoms with Crippen LogP contribution in [0.3, 0.4) is 0 Å². The molecule has 0 fully saturated rings. The van der Waals surface area contributed by atoms with Crippen LogP contribution in [0.1, 0.15) is 29.6 Å². The number of aromatic amines is 1. The highest BCUT2D eigenvalue weighted by atomic mass is 16.5. The third kappa shape index (κ3) is 3.90. The van der Waals surface area contributed by atoms with E-state index in [1.54, 1.807) is 7.11 Å². The first kappa shape index (κ1) is 12.5.